The van der Waals surface area contributed by atoms with Crippen LogP contribution in [-0.2, 0) is 19.6 Å². The number of hydrogen-bond donors (Lipinski definition) is 3. The first kappa shape index (κ1) is 26.5. The molecule has 1 aliphatic carbocycles. The van der Waals surface area contributed by atoms with Gasteiger partial charge in [0.15, 0.2) is 0 Å². The lowest BCUT2D eigenvalue weighted by Crippen LogP contribution is -2.43. The van der Waals surface area contributed by atoms with Gasteiger partial charge in [-0.25, -0.2) is 13.1 Å². The van der Waals surface area contributed by atoms with Crippen molar-refractivity contribution in [3.63, 3.8) is 0 Å². The highest BCUT2D eigenvalue weighted by Crippen LogP contribution is 2.33. The Morgan fingerprint density at radius 3 is 2.31 bits per heavy atom. The van der Waals surface area contributed by atoms with Gasteiger partial charge in [0.1, 0.15) is 4.90 Å². The summed E-state index contributed by atoms with van der Waals surface area (Å²) < 4.78 is 27.8. The lowest BCUT2D eigenvalue weighted by atomic mass is 9.81. The zero-order valence-corrected chi connectivity index (χ0v) is 19.9. The Morgan fingerprint density at radius 1 is 1.19 bits per heavy atom. The Morgan fingerprint density at radius 2 is 1.78 bits per heavy atom. The molecule has 0 unspecified atom stereocenters. The first-order valence-corrected chi connectivity index (χ1v) is 12.3. The van der Waals surface area contributed by atoms with Crippen LogP contribution in [0, 0.1) is 11.8 Å². The van der Waals surface area contributed by atoms with Crippen molar-refractivity contribution in [1.82, 2.24) is 10.0 Å². The number of carbonyl (C=O) groups is 2. The number of benzene rings is 1. The highest BCUT2D eigenvalue weighted by atomic mass is 35.5. The Bertz CT molecular complexity index is 981. The van der Waals surface area contributed by atoms with Gasteiger partial charge in [-0.2, -0.15) is 0 Å². The first-order valence-electron chi connectivity index (χ1n) is 9.70. The zero-order chi connectivity index (χ0) is 23.9. The molecule has 0 aliphatic heterocycles. The van der Waals surface area contributed by atoms with Gasteiger partial charge >= 0.3 is 5.97 Å². The van der Waals surface area contributed by atoms with Crippen LogP contribution in [0.1, 0.15) is 32.1 Å². The molecule has 1 atom stereocenters. The van der Waals surface area contributed by atoms with E-state index in [4.69, 9.17) is 45.4 Å². The van der Waals surface area contributed by atoms with Crippen molar-refractivity contribution < 1.29 is 23.1 Å². The minimum absolute atomic E-state index is 0.0108. The van der Waals surface area contributed by atoms with Crippen LogP contribution < -0.4 is 10.0 Å². The molecule has 0 saturated heterocycles. The number of sulfonamides is 1. The van der Waals surface area contributed by atoms with E-state index in [9.17, 15) is 18.0 Å². The Hall–Kier alpha value is -1.75. The van der Waals surface area contributed by atoms with Crippen molar-refractivity contribution in [2.45, 2.75) is 43.0 Å². The average Bonchev–Trinajstić information content (AvgIpc) is 2.69. The molecule has 1 aromatic rings. The van der Waals surface area contributed by atoms with E-state index in [0.717, 1.165) is 0 Å². The molecule has 2 rings (SSSR count). The summed E-state index contributed by atoms with van der Waals surface area (Å²) in [5, 5.41) is 15.0. The van der Waals surface area contributed by atoms with Gasteiger partial charge in [-0.15, -0.1) is 0 Å². The maximum atomic E-state index is 12.6. The lowest BCUT2D eigenvalue weighted by Gasteiger charge is -2.29. The second-order valence-corrected chi connectivity index (χ2v) is 10.4. The molecule has 176 valence electrons. The normalized spacial score (nSPS) is 19.6. The van der Waals surface area contributed by atoms with Crippen LogP contribution >= 0.6 is 34.8 Å². The fourth-order valence-corrected chi connectivity index (χ4v) is 6.20. The molecule has 1 fully saturated rings. The highest BCUT2D eigenvalue weighted by molar-refractivity contribution is 7.89. The molecule has 0 heterocycles. The summed E-state index contributed by atoms with van der Waals surface area (Å²) in [5.41, 5.74) is 8.41. The quantitative estimate of drug-likeness (QED) is 0.238. The molecule has 10 nitrogen and oxygen atoms in total. The minimum Gasteiger partial charge on any atom is -0.481 e. The SMILES string of the molecule is [N-]=[N+]=NC[C@H](CC(=O)O)NC(=O)C1CCC(CNS(=O)(=O)c2c(Cl)cc(Cl)cc2Cl)CC1. The van der Waals surface area contributed by atoms with Crippen LogP contribution in [0.2, 0.25) is 15.1 Å². The number of azide groups is 1. The number of nitrogens with one attached hydrogen (secondary N) is 2. The van der Waals surface area contributed by atoms with Gasteiger partial charge < -0.3 is 10.4 Å². The van der Waals surface area contributed by atoms with Crippen molar-refractivity contribution in [2.24, 2.45) is 17.0 Å². The number of carboxylic acids is 1. The fraction of sp³-hybridized carbons (Fsp3) is 0.556. The van der Waals surface area contributed by atoms with Gasteiger partial charge in [-0.05, 0) is 49.3 Å². The van der Waals surface area contributed by atoms with E-state index in [1.165, 1.54) is 12.1 Å². The number of carboxylic acid groups (broad SMARTS) is 1. The Balaban J connectivity index is 1.89. The summed E-state index contributed by atoms with van der Waals surface area (Å²) in [4.78, 5) is 25.8. The van der Waals surface area contributed by atoms with Crippen molar-refractivity contribution >= 4 is 56.7 Å². The number of carbonyl (C=O) groups excluding carboxylic acids is 1. The van der Waals surface area contributed by atoms with E-state index in [1.54, 1.807) is 0 Å². The molecule has 0 spiro atoms. The van der Waals surface area contributed by atoms with E-state index in [0.29, 0.717) is 25.7 Å². The van der Waals surface area contributed by atoms with E-state index in [-0.39, 0.29) is 57.2 Å². The molecule has 0 aromatic heterocycles. The second-order valence-electron chi connectivity index (χ2n) is 7.48. The topological polar surface area (TPSA) is 161 Å². The van der Waals surface area contributed by atoms with E-state index in [1.807, 2.05) is 0 Å². The predicted molar refractivity (Wildman–Crippen MR) is 120 cm³/mol. The van der Waals surface area contributed by atoms with Crippen molar-refractivity contribution in [3.8, 4) is 0 Å². The molecule has 1 saturated carbocycles. The molecule has 3 N–H and O–H groups in total. The maximum Gasteiger partial charge on any atom is 0.305 e. The van der Waals surface area contributed by atoms with Crippen LogP contribution in [0.15, 0.2) is 22.1 Å². The van der Waals surface area contributed by atoms with E-state index >= 15 is 0 Å². The van der Waals surface area contributed by atoms with Crippen LogP contribution in [0.4, 0.5) is 0 Å². The van der Waals surface area contributed by atoms with Crippen LogP contribution in [0.3, 0.4) is 0 Å². The van der Waals surface area contributed by atoms with Gasteiger partial charge in [-0.3, -0.25) is 9.59 Å². The number of nitrogens with zero attached hydrogens (tertiary/aromatic N) is 3. The fourth-order valence-electron chi connectivity index (χ4n) is 3.54. The van der Waals surface area contributed by atoms with Crippen molar-refractivity contribution in [2.75, 3.05) is 13.1 Å². The number of aliphatic carboxylic acids is 1. The molecular formula is C18H22Cl3N5O5S. The van der Waals surface area contributed by atoms with Gasteiger partial charge in [0.2, 0.25) is 15.9 Å². The second kappa shape index (κ2) is 11.9. The molecule has 32 heavy (non-hydrogen) atoms. The summed E-state index contributed by atoms with van der Waals surface area (Å²) in [6.45, 7) is 0.00591. The van der Waals surface area contributed by atoms with Gasteiger partial charge in [0.25, 0.3) is 0 Å². The average molecular weight is 527 g/mol. The van der Waals surface area contributed by atoms with E-state index in [2.05, 4.69) is 20.1 Å². The van der Waals surface area contributed by atoms with E-state index < -0.39 is 22.0 Å². The monoisotopic (exact) mass is 525 g/mol. The molecule has 0 bridgehead atoms. The largest absolute Gasteiger partial charge is 0.481 e. The number of hydrogen-bond acceptors (Lipinski definition) is 5. The maximum absolute atomic E-state index is 12.6. The molecule has 14 heteroatoms. The third-order valence-corrected chi connectivity index (χ3v) is 7.71. The summed E-state index contributed by atoms with van der Waals surface area (Å²) >= 11 is 17.8. The van der Waals surface area contributed by atoms with Crippen LogP contribution in [-0.4, -0.2) is 44.5 Å². The Kier molecular flexibility index (Phi) is 9.87. The number of halogens is 3. The van der Waals surface area contributed by atoms with Crippen molar-refractivity contribution in [3.05, 3.63) is 37.6 Å². The molecular weight excluding hydrogens is 505 g/mol. The highest BCUT2D eigenvalue weighted by Gasteiger charge is 2.29. The molecule has 1 aromatic carbocycles. The summed E-state index contributed by atoms with van der Waals surface area (Å²) in [7, 11) is -3.95. The van der Waals surface area contributed by atoms with Gasteiger partial charge in [0, 0.05) is 35.0 Å². The van der Waals surface area contributed by atoms with Crippen molar-refractivity contribution in [1.29, 1.82) is 0 Å². The predicted octanol–water partition coefficient (Wildman–Crippen LogP) is 4.00. The van der Waals surface area contributed by atoms with Gasteiger partial charge in [0.05, 0.1) is 16.5 Å². The molecule has 1 amide bonds. The summed E-state index contributed by atoms with van der Waals surface area (Å²) in [5.74, 6) is -1.73. The standard InChI is InChI=1S/C18H22Cl3N5O5S/c19-12-5-14(20)17(15(21)6-12)32(30,31)24-8-10-1-3-11(4-2-10)18(29)25-13(7-16(27)28)9-23-26-22/h5-6,10-11,13,24H,1-4,7-9H2,(H,25,29)(H,27,28)/t10?,11?,13-/m0/s1. The van der Waals surface area contributed by atoms with Crippen LogP contribution in [0.5, 0.6) is 0 Å². The summed E-state index contributed by atoms with van der Waals surface area (Å²) in [6.07, 6.45) is 1.88. The molecule has 1 aliphatic rings. The van der Waals surface area contributed by atoms with Gasteiger partial charge in [-0.1, -0.05) is 39.9 Å². The zero-order valence-electron chi connectivity index (χ0n) is 16.8. The third kappa shape index (κ3) is 7.68. The molecule has 0 radical (unpaired) electrons. The third-order valence-electron chi connectivity index (χ3n) is 5.14. The first-order chi connectivity index (χ1) is 15.0. The lowest BCUT2D eigenvalue weighted by molar-refractivity contribution is -0.137. The number of rotatable bonds is 10. The summed E-state index contributed by atoms with van der Waals surface area (Å²) in [6, 6.07) is 1.81. The number of amides is 1. The smallest absolute Gasteiger partial charge is 0.305 e. The Labute approximate surface area is 200 Å². The van der Waals surface area contributed by atoms with Crippen LogP contribution in [0.25, 0.3) is 10.4 Å². The minimum atomic E-state index is -3.95.